The molecule has 4 unspecified atom stereocenters. The molecular weight excluding hydrogens is 170 g/mol. The molecule has 0 aromatic heterocycles. The summed E-state index contributed by atoms with van der Waals surface area (Å²) in [5, 5.41) is 4.38. The van der Waals surface area contributed by atoms with Gasteiger partial charge in [0.2, 0.25) is 0 Å². The van der Waals surface area contributed by atoms with Crippen LogP contribution >= 0.6 is 0 Å². The predicted molar refractivity (Wildman–Crippen MR) is 51.7 cm³/mol. The first kappa shape index (κ1) is 8.70. The molecule has 4 atom stereocenters. The van der Waals surface area contributed by atoms with E-state index < -0.39 is 10.8 Å². The molecule has 2 fully saturated rings. The normalized spacial score (nSPS) is 48.4. The quantitative estimate of drug-likeness (QED) is 0.614. The van der Waals surface area contributed by atoms with Crippen molar-refractivity contribution in [3.8, 4) is 0 Å². The van der Waals surface area contributed by atoms with Crippen LogP contribution < -0.4 is 5.32 Å². The van der Waals surface area contributed by atoms with E-state index >= 15 is 0 Å². The molecule has 0 radical (unpaired) electrons. The Kier molecular flexibility index (Phi) is 2.51. The molecular formula is C9H17NOS. The monoisotopic (exact) mass is 187 g/mol. The van der Waals surface area contributed by atoms with Crippen molar-refractivity contribution in [2.45, 2.75) is 49.1 Å². The van der Waals surface area contributed by atoms with Gasteiger partial charge in [-0.05, 0) is 25.8 Å². The molecule has 0 spiro atoms. The van der Waals surface area contributed by atoms with Crippen molar-refractivity contribution >= 4 is 10.8 Å². The molecule has 1 aliphatic carbocycles. The first-order valence-electron chi connectivity index (χ1n) is 4.92. The third kappa shape index (κ3) is 1.44. The van der Waals surface area contributed by atoms with E-state index in [-0.39, 0.29) is 0 Å². The van der Waals surface area contributed by atoms with Gasteiger partial charge in [0, 0.05) is 22.1 Å². The van der Waals surface area contributed by atoms with Crippen LogP contribution in [0.15, 0.2) is 0 Å². The Bertz CT molecular complexity index is 195. The second-order valence-electron chi connectivity index (χ2n) is 3.96. The highest BCUT2D eigenvalue weighted by atomic mass is 32.2. The van der Waals surface area contributed by atoms with Gasteiger partial charge in [0.05, 0.1) is 5.25 Å². The lowest BCUT2D eigenvalue weighted by atomic mass is 10.2. The second-order valence-corrected chi connectivity index (χ2v) is 6.03. The lowest BCUT2D eigenvalue weighted by Gasteiger charge is -2.17. The van der Waals surface area contributed by atoms with Crippen LogP contribution in [0.2, 0.25) is 0 Å². The smallest absolute Gasteiger partial charge is 0.0503 e. The molecule has 0 amide bonds. The van der Waals surface area contributed by atoms with E-state index in [0.717, 1.165) is 13.0 Å². The van der Waals surface area contributed by atoms with Crippen LogP contribution in [0.3, 0.4) is 0 Å². The van der Waals surface area contributed by atoms with E-state index in [1.165, 1.54) is 19.3 Å². The molecule has 0 bridgehead atoms. The van der Waals surface area contributed by atoms with Crippen molar-refractivity contribution in [2.24, 2.45) is 0 Å². The summed E-state index contributed by atoms with van der Waals surface area (Å²) in [5.74, 6) is 0. The standard InChI is InChI=1S/C9H17NOS/c1-7-5-6-10-8-3-2-4-9(8)12(7)11/h7-10H,2-6H2,1H3. The Morgan fingerprint density at radius 2 is 2.17 bits per heavy atom. The summed E-state index contributed by atoms with van der Waals surface area (Å²) >= 11 is 0. The molecule has 0 aromatic rings. The highest BCUT2D eigenvalue weighted by molar-refractivity contribution is 7.86. The Morgan fingerprint density at radius 3 is 3.00 bits per heavy atom. The molecule has 1 N–H and O–H groups in total. The topological polar surface area (TPSA) is 29.1 Å². The van der Waals surface area contributed by atoms with Crippen LogP contribution in [-0.2, 0) is 10.8 Å². The lowest BCUT2D eigenvalue weighted by molar-refractivity contribution is 0.534. The maximum absolute atomic E-state index is 11.9. The van der Waals surface area contributed by atoms with E-state index in [1.54, 1.807) is 0 Å². The fraction of sp³-hybridized carbons (Fsp3) is 1.00. The molecule has 2 aliphatic rings. The van der Waals surface area contributed by atoms with Crippen LogP contribution in [0.4, 0.5) is 0 Å². The van der Waals surface area contributed by atoms with Crippen molar-refractivity contribution in [1.29, 1.82) is 0 Å². The maximum atomic E-state index is 11.9. The van der Waals surface area contributed by atoms with E-state index in [0.29, 0.717) is 16.5 Å². The van der Waals surface area contributed by atoms with Crippen LogP contribution in [0.1, 0.15) is 32.6 Å². The summed E-state index contributed by atoms with van der Waals surface area (Å²) in [6, 6.07) is 0.566. The van der Waals surface area contributed by atoms with Gasteiger partial charge in [-0.1, -0.05) is 13.3 Å². The van der Waals surface area contributed by atoms with Crippen molar-refractivity contribution < 1.29 is 4.21 Å². The number of nitrogens with one attached hydrogen (secondary N) is 1. The molecule has 1 heterocycles. The molecule has 1 saturated heterocycles. The third-order valence-corrected chi connectivity index (χ3v) is 5.29. The van der Waals surface area contributed by atoms with E-state index in [1.807, 2.05) is 0 Å². The van der Waals surface area contributed by atoms with Crippen LogP contribution in [0.25, 0.3) is 0 Å². The van der Waals surface area contributed by atoms with Gasteiger partial charge in [-0.15, -0.1) is 0 Å². The summed E-state index contributed by atoms with van der Waals surface area (Å²) in [7, 11) is -0.570. The average Bonchev–Trinajstić information content (AvgIpc) is 2.46. The zero-order chi connectivity index (χ0) is 8.55. The largest absolute Gasteiger partial charge is 0.313 e. The van der Waals surface area contributed by atoms with Gasteiger partial charge in [-0.25, -0.2) is 0 Å². The van der Waals surface area contributed by atoms with Gasteiger partial charge in [-0.3, -0.25) is 4.21 Å². The number of hydrogen-bond donors (Lipinski definition) is 1. The SMILES string of the molecule is CC1CCNC2CCCC2S1=O. The molecule has 0 aromatic carbocycles. The fourth-order valence-corrected chi connectivity index (χ4v) is 4.23. The van der Waals surface area contributed by atoms with Crippen molar-refractivity contribution in [3.63, 3.8) is 0 Å². The second kappa shape index (κ2) is 3.46. The van der Waals surface area contributed by atoms with Crippen LogP contribution in [-0.4, -0.2) is 27.3 Å². The maximum Gasteiger partial charge on any atom is 0.0503 e. The van der Waals surface area contributed by atoms with Gasteiger partial charge in [0.1, 0.15) is 0 Å². The minimum atomic E-state index is -0.570. The Hall–Kier alpha value is 0.110. The van der Waals surface area contributed by atoms with Gasteiger partial charge in [0.15, 0.2) is 0 Å². The number of hydrogen-bond acceptors (Lipinski definition) is 2. The van der Waals surface area contributed by atoms with Gasteiger partial charge in [-0.2, -0.15) is 0 Å². The summed E-state index contributed by atoms with van der Waals surface area (Å²) < 4.78 is 11.9. The first-order chi connectivity index (χ1) is 5.79. The van der Waals surface area contributed by atoms with E-state index in [4.69, 9.17) is 0 Å². The molecule has 12 heavy (non-hydrogen) atoms. The number of fused-ring (bicyclic) bond motifs is 1. The summed E-state index contributed by atoms with van der Waals surface area (Å²) in [4.78, 5) is 0. The average molecular weight is 187 g/mol. The van der Waals surface area contributed by atoms with Crippen molar-refractivity contribution in [1.82, 2.24) is 5.32 Å². The van der Waals surface area contributed by atoms with Gasteiger partial charge in [0.25, 0.3) is 0 Å². The Morgan fingerprint density at radius 1 is 1.33 bits per heavy atom. The molecule has 3 heteroatoms. The Labute approximate surface area is 76.6 Å². The summed E-state index contributed by atoms with van der Waals surface area (Å²) in [6.45, 7) is 3.19. The highest BCUT2D eigenvalue weighted by Gasteiger charge is 2.35. The minimum absolute atomic E-state index is 0.408. The highest BCUT2D eigenvalue weighted by Crippen LogP contribution is 2.28. The molecule has 1 saturated carbocycles. The Balaban J connectivity index is 2.13. The van der Waals surface area contributed by atoms with E-state index in [2.05, 4.69) is 12.2 Å². The van der Waals surface area contributed by atoms with Crippen molar-refractivity contribution in [3.05, 3.63) is 0 Å². The predicted octanol–water partition coefficient (Wildman–Crippen LogP) is 1.04. The molecule has 2 nitrogen and oxygen atoms in total. The summed E-state index contributed by atoms with van der Waals surface area (Å²) in [5.41, 5.74) is 0. The van der Waals surface area contributed by atoms with Gasteiger partial charge >= 0.3 is 0 Å². The molecule has 1 aliphatic heterocycles. The molecule has 70 valence electrons. The first-order valence-corrected chi connectivity index (χ1v) is 6.19. The zero-order valence-corrected chi connectivity index (χ0v) is 8.40. The number of rotatable bonds is 0. The van der Waals surface area contributed by atoms with E-state index in [9.17, 15) is 4.21 Å². The minimum Gasteiger partial charge on any atom is -0.313 e. The third-order valence-electron chi connectivity index (χ3n) is 3.10. The van der Waals surface area contributed by atoms with Crippen LogP contribution in [0.5, 0.6) is 0 Å². The van der Waals surface area contributed by atoms with Crippen molar-refractivity contribution in [2.75, 3.05) is 6.54 Å². The van der Waals surface area contributed by atoms with Gasteiger partial charge < -0.3 is 5.32 Å². The van der Waals surface area contributed by atoms with Crippen LogP contribution in [0, 0.1) is 0 Å². The fourth-order valence-electron chi connectivity index (χ4n) is 2.32. The summed E-state index contributed by atoms with van der Waals surface area (Å²) in [6.07, 6.45) is 4.76. The zero-order valence-electron chi connectivity index (χ0n) is 7.58. The lowest BCUT2D eigenvalue weighted by Crippen LogP contribution is -2.36. The molecule has 2 rings (SSSR count).